The lowest BCUT2D eigenvalue weighted by Crippen LogP contribution is -2.54. The van der Waals surface area contributed by atoms with Crippen LogP contribution in [0.25, 0.3) is 12.2 Å². The third-order valence-electron chi connectivity index (χ3n) is 7.02. The van der Waals surface area contributed by atoms with E-state index in [1.54, 1.807) is 31.3 Å². The number of methoxy groups -OCH3 is 2. The molecule has 1 aromatic carbocycles. The Hall–Kier alpha value is -4.25. The minimum absolute atomic E-state index is 0.0892. The highest BCUT2D eigenvalue weighted by atomic mass is 16.6. The van der Waals surface area contributed by atoms with E-state index in [9.17, 15) is 14.9 Å². The number of aromatic nitrogens is 2. The Morgan fingerprint density at radius 1 is 1.34 bits per heavy atom. The number of carbonyl (C=O) groups is 1. The number of nitro groups is 1. The van der Waals surface area contributed by atoms with Gasteiger partial charge in [0.1, 0.15) is 30.3 Å². The summed E-state index contributed by atoms with van der Waals surface area (Å²) in [5.74, 6) is 1.65. The molecule has 4 rings (SSSR count). The first-order chi connectivity index (χ1) is 18.3. The average Bonchev–Trinajstić information content (AvgIpc) is 2.92. The van der Waals surface area contributed by atoms with E-state index in [0.717, 1.165) is 17.8 Å². The highest BCUT2D eigenvalue weighted by molar-refractivity contribution is 6.04. The first-order valence-corrected chi connectivity index (χ1v) is 12.4. The summed E-state index contributed by atoms with van der Waals surface area (Å²) in [6, 6.07) is 4.11. The molecule has 2 unspecified atom stereocenters. The van der Waals surface area contributed by atoms with Crippen molar-refractivity contribution in [3.8, 4) is 0 Å². The van der Waals surface area contributed by atoms with Gasteiger partial charge in [-0.3, -0.25) is 19.8 Å². The molecule has 1 aromatic heterocycles. The van der Waals surface area contributed by atoms with Gasteiger partial charge in [-0.25, -0.2) is 9.97 Å². The van der Waals surface area contributed by atoms with Gasteiger partial charge in [0.05, 0.1) is 29.0 Å². The number of piperidine rings is 1. The van der Waals surface area contributed by atoms with Crippen molar-refractivity contribution in [3.63, 3.8) is 0 Å². The number of hydrogen-bond donors (Lipinski definition) is 1. The Morgan fingerprint density at radius 3 is 2.79 bits per heavy atom. The van der Waals surface area contributed by atoms with Crippen LogP contribution < -0.4 is 10.2 Å². The van der Waals surface area contributed by atoms with E-state index in [1.165, 1.54) is 18.5 Å². The van der Waals surface area contributed by atoms with E-state index in [4.69, 9.17) is 9.47 Å². The van der Waals surface area contributed by atoms with Crippen LogP contribution in [0, 0.1) is 16.0 Å². The summed E-state index contributed by atoms with van der Waals surface area (Å²) in [4.78, 5) is 37.2. The lowest BCUT2D eigenvalue weighted by Gasteiger charge is -2.46. The minimum Gasteiger partial charge on any atom is -0.499 e. The smallest absolute Gasteiger partial charge is 0.270 e. The third-order valence-corrected chi connectivity index (χ3v) is 7.02. The fraction of sp³-hybridized carbons (Fsp3) is 0.370. The number of carbonyl (C=O) groups excluding carboxylic acids is 1. The van der Waals surface area contributed by atoms with Crippen molar-refractivity contribution in [3.05, 3.63) is 76.2 Å². The molecule has 11 nitrogen and oxygen atoms in total. The molecule has 1 amide bonds. The van der Waals surface area contributed by atoms with E-state index in [2.05, 4.69) is 40.3 Å². The molecular formula is C27H32N6O5. The number of rotatable bonds is 9. The van der Waals surface area contributed by atoms with Gasteiger partial charge in [-0.1, -0.05) is 20.1 Å². The SMILES string of the molecule is C=Cc1ncnc(N2CCC(N3C(=C)Nc4ccc([N+](=O)[O-])cc4C3=O)C(CC)C2)c1/C=C(\COC)OC. The van der Waals surface area contributed by atoms with Crippen molar-refractivity contribution in [2.45, 2.75) is 25.8 Å². The predicted octanol–water partition coefficient (Wildman–Crippen LogP) is 4.31. The summed E-state index contributed by atoms with van der Waals surface area (Å²) in [7, 11) is 3.19. The molecule has 0 bridgehead atoms. The largest absolute Gasteiger partial charge is 0.499 e. The van der Waals surface area contributed by atoms with Crippen LogP contribution in [-0.4, -0.2) is 65.7 Å². The predicted molar refractivity (Wildman–Crippen MR) is 145 cm³/mol. The van der Waals surface area contributed by atoms with Crippen molar-refractivity contribution in [2.75, 3.05) is 44.1 Å². The monoisotopic (exact) mass is 520 g/mol. The van der Waals surface area contributed by atoms with Crippen LogP contribution in [0.15, 0.2) is 49.3 Å². The van der Waals surface area contributed by atoms with Gasteiger partial charge in [-0.2, -0.15) is 0 Å². The number of nitrogens with one attached hydrogen (secondary N) is 1. The van der Waals surface area contributed by atoms with Crippen LogP contribution >= 0.6 is 0 Å². The van der Waals surface area contributed by atoms with Crippen LogP contribution in [0.3, 0.4) is 0 Å². The molecule has 11 heteroatoms. The van der Waals surface area contributed by atoms with E-state index in [0.29, 0.717) is 49.1 Å². The molecule has 0 spiro atoms. The number of anilines is 2. The Labute approximate surface area is 221 Å². The van der Waals surface area contributed by atoms with E-state index in [-0.39, 0.29) is 29.1 Å². The topological polar surface area (TPSA) is 123 Å². The molecule has 2 aliphatic heterocycles. The molecular weight excluding hydrogens is 488 g/mol. The molecule has 2 aromatic rings. The summed E-state index contributed by atoms with van der Waals surface area (Å²) >= 11 is 0. The van der Waals surface area contributed by atoms with Crippen LogP contribution in [-0.2, 0) is 9.47 Å². The molecule has 2 atom stereocenters. The van der Waals surface area contributed by atoms with E-state index >= 15 is 0 Å². The second-order valence-electron chi connectivity index (χ2n) is 9.15. The molecule has 1 saturated heterocycles. The first kappa shape index (κ1) is 26.8. The van der Waals surface area contributed by atoms with Gasteiger partial charge in [-0.05, 0) is 37.0 Å². The summed E-state index contributed by atoms with van der Waals surface area (Å²) in [6.07, 6.45) is 6.52. The summed E-state index contributed by atoms with van der Waals surface area (Å²) < 4.78 is 10.7. The highest BCUT2D eigenvalue weighted by Crippen LogP contribution is 2.37. The molecule has 0 radical (unpaired) electrons. The van der Waals surface area contributed by atoms with Gasteiger partial charge in [0.15, 0.2) is 0 Å². The van der Waals surface area contributed by atoms with Crippen molar-refractivity contribution >= 4 is 35.3 Å². The number of ether oxygens (including phenoxy) is 2. The first-order valence-electron chi connectivity index (χ1n) is 12.4. The molecule has 0 saturated carbocycles. The van der Waals surface area contributed by atoms with Crippen molar-refractivity contribution < 1.29 is 19.2 Å². The lowest BCUT2D eigenvalue weighted by molar-refractivity contribution is -0.384. The van der Waals surface area contributed by atoms with Crippen LogP contribution in [0.2, 0.25) is 0 Å². The van der Waals surface area contributed by atoms with E-state index in [1.807, 2.05) is 6.08 Å². The third kappa shape index (κ3) is 5.10. The second kappa shape index (κ2) is 11.4. The average molecular weight is 521 g/mol. The number of fused-ring (bicyclic) bond motifs is 1. The lowest BCUT2D eigenvalue weighted by atomic mass is 9.87. The minimum atomic E-state index is -0.498. The highest BCUT2D eigenvalue weighted by Gasteiger charge is 2.40. The van der Waals surface area contributed by atoms with Gasteiger partial charge in [0.2, 0.25) is 0 Å². The standard InChI is InChI=1S/C27H32N6O5/c1-6-18-14-31(26-21(13-20(38-5)15-37-4)23(7-2)28-16-29-26)11-10-25(18)32-17(3)30-24-9-8-19(33(35)36)12-22(24)27(32)34/h7-9,12-13,16,18,25,30H,2-3,6,10-11,14-15H2,1,4-5H3/b20-13+. The normalized spacial score (nSPS) is 19.6. The number of hydrogen-bond acceptors (Lipinski definition) is 9. The van der Waals surface area contributed by atoms with Crippen LogP contribution in [0.1, 0.15) is 41.4 Å². The van der Waals surface area contributed by atoms with Crippen molar-refractivity contribution in [1.29, 1.82) is 0 Å². The fourth-order valence-electron chi connectivity index (χ4n) is 5.12. The maximum atomic E-state index is 13.6. The quantitative estimate of drug-likeness (QED) is 0.293. The van der Waals surface area contributed by atoms with Gasteiger partial charge in [-0.15, -0.1) is 0 Å². The van der Waals surface area contributed by atoms with Crippen molar-refractivity contribution in [2.24, 2.45) is 5.92 Å². The molecule has 1 fully saturated rings. The number of nitro benzene ring substituents is 1. The number of non-ortho nitro benzene ring substituents is 1. The second-order valence-corrected chi connectivity index (χ2v) is 9.15. The molecule has 3 heterocycles. The van der Waals surface area contributed by atoms with Gasteiger partial charge in [0.25, 0.3) is 11.6 Å². The maximum absolute atomic E-state index is 13.6. The van der Waals surface area contributed by atoms with Gasteiger partial charge in [0, 0.05) is 43.9 Å². The van der Waals surface area contributed by atoms with Gasteiger partial charge < -0.3 is 19.7 Å². The summed E-state index contributed by atoms with van der Waals surface area (Å²) in [5, 5.41) is 14.5. The number of amides is 1. The Bertz CT molecular complexity index is 1290. The molecule has 0 aliphatic carbocycles. The zero-order valence-corrected chi connectivity index (χ0v) is 21.8. The maximum Gasteiger partial charge on any atom is 0.270 e. The Kier molecular flexibility index (Phi) is 8.06. The van der Waals surface area contributed by atoms with Crippen molar-refractivity contribution in [1.82, 2.24) is 14.9 Å². The zero-order valence-electron chi connectivity index (χ0n) is 21.8. The Morgan fingerprint density at radius 2 is 2.13 bits per heavy atom. The fourth-order valence-corrected chi connectivity index (χ4v) is 5.12. The molecule has 38 heavy (non-hydrogen) atoms. The summed E-state index contributed by atoms with van der Waals surface area (Å²) in [5.41, 5.74) is 2.13. The van der Waals surface area contributed by atoms with E-state index < -0.39 is 4.92 Å². The van der Waals surface area contributed by atoms with Crippen LogP contribution in [0.4, 0.5) is 17.2 Å². The molecule has 1 N–H and O–H groups in total. The number of nitrogens with zero attached hydrogens (tertiary/aromatic N) is 5. The van der Waals surface area contributed by atoms with Gasteiger partial charge >= 0.3 is 0 Å². The molecule has 200 valence electrons. The van der Waals surface area contributed by atoms with Crippen LogP contribution in [0.5, 0.6) is 0 Å². The Balaban J connectivity index is 1.64. The number of benzene rings is 1. The zero-order chi connectivity index (χ0) is 27.4. The summed E-state index contributed by atoms with van der Waals surface area (Å²) in [6.45, 7) is 11.7. The molecule has 2 aliphatic rings.